The number of nitrogens with zero attached hydrogens (tertiary/aromatic N) is 2. The first-order valence-corrected chi connectivity index (χ1v) is 7.09. The molecule has 0 atom stereocenters. The van der Waals surface area contributed by atoms with Crippen LogP contribution in [0.3, 0.4) is 0 Å². The summed E-state index contributed by atoms with van der Waals surface area (Å²) in [5.74, 6) is 2.26. The van der Waals surface area contributed by atoms with Crippen molar-refractivity contribution in [2.75, 3.05) is 31.3 Å². The summed E-state index contributed by atoms with van der Waals surface area (Å²) in [5, 5.41) is 6.21. The van der Waals surface area contributed by atoms with E-state index < -0.39 is 0 Å². The Morgan fingerprint density at radius 1 is 1.25 bits per heavy atom. The van der Waals surface area contributed by atoms with E-state index in [0.29, 0.717) is 5.95 Å². The predicted octanol–water partition coefficient (Wildman–Crippen LogP) is 2.94. The molecule has 2 rings (SSSR count). The van der Waals surface area contributed by atoms with Crippen LogP contribution in [0.5, 0.6) is 5.75 Å². The van der Waals surface area contributed by atoms with Gasteiger partial charge in [0.05, 0.1) is 11.6 Å². The fourth-order valence-electron chi connectivity index (χ4n) is 1.73. The minimum atomic E-state index is 0.597. The number of anilines is 2. The molecular weight excluding hydrogens is 320 g/mol. The van der Waals surface area contributed by atoms with Gasteiger partial charge in [0.25, 0.3) is 0 Å². The Balaban J connectivity index is 1.91. The molecule has 0 saturated carbocycles. The van der Waals surface area contributed by atoms with E-state index in [1.165, 1.54) is 5.56 Å². The van der Waals surface area contributed by atoms with Crippen molar-refractivity contribution in [1.82, 2.24) is 9.97 Å². The topological polar surface area (TPSA) is 59.1 Å². The highest BCUT2D eigenvalue weighted by atomic mass is 79.9. The zero-order chi connectivity index (χ0) is 14.4. The van der Waals surface area contributed by atoms with Crippen LogP contribution in [-0.4, -0.2) is 30.7 Å². The molecule has 1 aromatic carbocycles. The third-order valence-corrected chi connectivity index (χ3v) is 3.41. The number of methoxy groups -OCH3 is 1. The van der Waals surface area contributed by atoms with Gasteiger partial charge < -0.3 is 15.4 Å². The molecular formula is C14H17BrN4O. The van der Waals surface area contributed by atoms with Crippen molar-refractivity contribution in [2.45, 2.75) is 6.42 Å². The van der Waals surface area contributed by atoms with Gasteiger partial charge in [-0.3, -0.25) is 0 Å². The summed E-state index contributed by atoms with van der Waals surface area (Å²) in [7, 11) is 3.47. The first-order valence-electron chi connectivity index (χ1n) is 6.30. The van der Waals surface area contributed by atoms with Crippen LogP contribution in [0.4, 0.5) is 11.8 Å². The maximum absolute atomic E-state index is 5.14. The molecule has 0 spiro atoms. The average Bonchev–Trinajstić information content (AvgIpc) is 2.50. The van der Waals surface area contributed by atoms with Crippen LogP contribution in [0, 0.1) is 0 Å². The van der Waals surface area contributed by atoms with Crippen molar-refractivity contribution in [3.05, 3.63) is 40.5 Å². The Morgan fingerprint density at radius 2 is 2.00 bits per heavy atom. The minimum absolute atomic E-state index is 0.597. The summed E-state index contributed by atoms with van der Waals surface area (Å²) in [6.07, 6.45) is 2.64. The van der Waals surface area contributed by atoms with E-state index in [4.69, 9.17) is 4.74 Å². The summed E-state index contributed by atoms with van der Waals surface area (Å²) in [6, 6.07) is 8.06. The molecule has 6 heteroatoms. The Kier molecular flexibility index (Phi) is 5.17. The van der Waals surface area contributed by atoms with E-state index in [0.717, 1.165) is 29.0 Å². The Morgan fingerprint density at radius 3 is 2.65 bits per heavy atom. The standard InChI is InChI=1S/C14H17BrN4O/c1-16-14-18-9-12(15)13(19-14)17-8-7-10-3-5-11(20-2)6-4-10/h3-6,9H,7-8H2,1-2H3,(H2,16,17,18,19). The van der Waals surface area contributed by atoms with Gasteiger partial charge in [0.2, 0.25) is 5.95 Å². The number of halogens is 1. The fourth-order valence-corrected chi connectivity index (χ4v) is 2.06. The zero-order valence-corrected chi connectivity index (χ0v) is 13.1. The van der Waals surface area contributed by atoms with Gasteiger partial charge in [-0.15, -0.1) is 0 Å². The molecule has 0 unspecified atom stereocenters. The molecule has 0 saturated heterocycles. The lowest BCUT2D eigenvalue weighted by Crippen LogP contribution is -2.08. The van der Waals surface area contributed by atoms with Gasteiger partial charge in [-0.1, -0.05) is 12.1 Å². The third-order valence-electron chi connectivity index (χ3n) is 2.83. The highest BCUT2D eigenvalue weighted by molar-refractivity contribution is 9.10. The van der Waals surface area contributed by atoms with Crippen LogP contribution in [-0.2, 0) is 6.42 Å². The summed E-state index contributed by atoms with van der Waals surface area (Å²) in [4.78, 5) is 8.47. The third kappa shape index (κ3) is 3.84. The monoisotopic (exact) mass is 336 g/mol. The van der Waals surface area contributed by atoms with Gasteiger partial charge in [-0.25, -0.2) is 4.98 Å². The second-order valence-electron chi connectivity index (χ2n) is 4.17. The van der Waals surface area contributed by atoms with Crippen molar-refractivity contribution in [2.24, 2.45) is 0 Å². The summed E-state index contributed by atoms with van der Waals surface area (Å²) in [6.45, 7) is 0.797. The van der Waals surface area contributed by atoms with Crippen molar-refractivity contribution < 1.29 is 4.74 Å². The van der Waals surface area contributed by atoms with E-state index in [2.05, 4.69) is 48.7 Å². The maximum atomic E-state index is 5.14. The van der Waals surface area contributed by atoms with Gasteiger partial charge in [-0.05, 0) is 40.0 Å². The van der Waals surface area contributed by atoms with Crippen molar-refractivity contribution in [1.29, 1.82) is 0 Å². The molecule has 0 fully saturated rings. The van der Waals surface area contributed by atoms with Crippen LogP contribution in [0.25, 0.3) is 0 Å². The molecule has 0 amide bonds. The molecule has 0 aliphatic heterocycles. The van der Waals surface area contributed by atoms with Gasteiger partial charge in [0, 0.05) is 19.8 Å². The highest BCUT2D eigenvalue weighted by Gasteiger charge is 2.03. The van der Waals surface area contributed by atoms with Gasteiger partial charge >= 0.3 is 0 Å². The summed E-state index contributed by atoms with van der Waals surface area (Å²) >= 11 is 3.43. The molecule has 1 aromatic heterocycles. The summed E-state index contributed by atoms with van der Waals surface area (Å²) < 4.78 is 5.99. The van der Waals surface area contributed by atoms with E-state index in [1.807, 2.05) is 12.1 Å². The smallest absolute Gasteiger partial charge is 0.224 e. The van der Waals surface area contributed by atoms with Gasteiger partial charge in [0.15, 0.2) is 0 Å². The van der Waals surface area contributed by atoms with E-state index in [9.17, 15) is 0 Å². The van der Waals surface area contributed by atoms with E-state index in [1.54, 1.807) is 20.4 Å². The Bertz CT molecular complexity index is 560. The van der Waals surface area contributed by atoms with Crippen LogP contribution in [0.2, 0.25) is 0 Å². The van der Waals surface area contributed by atoms with Crippen LogP contribution < -0.4 is 15.4 Å². The average molecular weight is 337 g/mol. The molecule has 0 aliphatic rings. The molecule has 5 nitrogen and oxygen atoms in total. The van der Waals surface area contributed by atoms with Crippen LogP contribution >= 0.6 is 15.9 Å². The molecule has 0 radical (unpaired) electrons. The van der Waals surface area contributed by atoms with Crippen LogP contribution in [0.15, 0.2) is 34.9 Å². The largest absolute Gasteiger partial charge is 0.497 e. The number of rotatable bonds is 6. The lowest BCUT2D eigenvalue weighted by atomic mass is 10.1. The molecule has 20 heavy (non-hydrogen) atoms. The molecule has 2 aromatic rings. The van der Waals surface area contributed by atoms with E-state index in [-0.39, 0.29) is 0 Å². The molecule has 0 aliphatic carbocycles. The maximum Gasteiger partial charge on any atom is 0.224 e. The molecule has 2 N–H and O–H groups in total. The SMILES string of the molecule is CNc1ncc(Br)c(NCCc2ccc(OC)cc2)n1. The molecule has 0 bridgehead atoms. The van der Waals surface area contributed by atoms with Crippen molar-refractivity contribution >= 4 is 27.7 Å². The highest BCUT2D eigenvalue weighted by Crippen LogP contribution is 2.20. The lowest BCUT2D eigenvalue weighted by Gasteiger charge is -2.09. The first-order chi connectivity index (χ1) is 9.72. The normalized spacial score (nSPS) is 10.2. The van der Waals surface area contributed by atoms with Gasteiger partial charge in [-0.2, -0.15) is 4.98 Å². The Labute approximate surface area is 126 Å². The van der Waals surface area contributed by atoms with Crippen LogP contribution in [0.1, 0.15) is 5.56 Å². The molecule has 106 valence electrons. The quantitative estimate of drug-likeness (QED) is 0.849. The molecule has 1 heterocycles. The van der Waals surface area contributed by atoms with E-state index >= 15 is 0 Å². The zero-order valence-electron chi connectivity index (χ0n) is 11.5. The van der Waals surface area contributed by atoms with Crippen molar-refractivity contribution in [3.8, 4) is 5.75 Å². The van der Waals surface area contributed by atoms with Gasteiger partial charge in [0.1, 0.15) is 11.6 Å². The van der Waals surface area contributed by atoms with Crippen molar-refractivity contribution in [3.63, 3.8) is 0 Å². The number of aromatic nitrogens is 2. The number of benzene rings is 1. The lowest BCUT2D eigenvalue weighted by molar-refractivity contribution is 0.414. The number of ether oxygens (including phenoxy) is 1. The number of hydrogen-bond donors (Lipinski definition) is 2. The Hall–Kier alpha value is -1.82. The number of nitrogens with one attached hydrogen (secondary N) is 2. The minimum Gasteiger partial charge on any atom is -0.497 e. The second-order valence-corrected chi connectivity index (χ2v) is 5.02. The first kappa shape index (κ1) is 14.6. The summed E-state index contributed by atoms with van der Waals surface area (Å²) in [5.41, 5.74) is 1.25. The predicted molar refractivity (Wildman–Crippen MR) is 84.5 cm³/mol. The number of hydrogen-bond acceptors (Lipinski definition) is 5. The fraction of sp³-hybridized carbons (Fsp3) is 0.286. The second kappa shape index (κ2) is 7.09.